The first-order chi connectivity index (χ1) is 15.0. The summed E-state index contributed by atoms with van der Waals surface area (Å²) < 4.78 is 5.78. The standard InChI is InChI=1S/C24H33N5O2.HI/c1-25-24(27-20-16-23(30)29(18-20)21-8-5-4-6-9-21)26-17-19-10-12-22(13-11-19)31-15-7-14-28(2)3;/h4-6,8-13,20H,7,14-18H2,1-3H3,(H2,25,26,27);1H. The summed E-state index contributed by atoms with van der Waals surface area (Å²) in [6.45, 7) is 3.00. The largest absolute Gasteiger partial charge is 0.494 e. The van der Waals surface area contributed by atoms with E-state index in [0.29, 0.717) is 32.1 Å². The fourth-order valence-corrected chi connectivity index (χ4v) is 3.51. The van der Waals surface area contributed by atoms with E-state index in [1.807, 2.05) is 47.4 Å². The number of aliphatic imine (C=N–C) groups is 1. The minimum absolute atomic E-state index is 0. The van der Waals surface area contributed by atoms with Crippen molar-refractivity contribution >= 4 is 41.5 Å². The van der Waals surface area contributed by atoms with Crippen molar-refractivity contribution in [2.24, 2.45) is 4.99 Å². The van der Waals surface area contributed by atoms with E-state index in [1.54, 1.807) is 7.05 Å². The van der Waals surface area contributed by atoms with Crippen LogP contribution in [0.3, 0.4) is 0 Å². The first-order valence-corrected chi connectivity index (χ1v) is 10.7. The molecule has 32 heavy (non-hydrogen) atoms. The molecule has 8 heteroatoms. The number of guanidine groups is 1. The van der Waals surface area contributed by atoms with Crippen LogP contribution in [0.25, 0.3) is 0 Å². The highest BCUT2D eigenvalue weighted by molar-refractivity contribution is 14.0. The summed E-state index contributed by atoms with van der Waals surface area (Å²) in [4.78, 5) is 20.7. The molecule has 0 bridgehead atoms. The van der Waals surface area contributed by atoms with Gasteiger partial charge in [0.1, 0.15) is 5.75 Å². The number of halogens is 1. The highest BCUT2D eigenvalue weighted by atomic mass is 127. The number of benzene rings is 2. The number of ether oxygens (including phenoxy) is 1. The highest BCUT2D eigenvalue weighted by Gasteiger charge is 2.30. The average Bonchev–Trinajstić information content (AvgIpc) is 3.15. The van der Waals surface area contributed by atoms with Crippen molar-refractivity contribution in [2.45, 2.75) is 25.4 Å². The number of carbonyl (C=O) groups excluding carboxylic acids is 1. The summed E-state index contributed by atoms with van der Waals surface area (Å²) in [6, 6.07) is 17.9. The van der Waals surface area contributed by atoms with Crippen molar-refractivity contribution in [3.05, 3.63) is 60.2 Å². The molecule has 174 valence electrons. The number of hydrogen-bond donors (Lipinski definition) is 2. The zero-order valence-corrected chi connectivity index (χ0v) is 21.4. The monoisotopic (exact) mass is 551 g/mol. The number of nitrogens with zero attached hydrogens (tertiary/aromatic N) is 3. The Morgan fingerprint density at radius 2 is 1.88 bits per heavy atom. The molecule has 2 N–H and O–H groups in total. The van der Waals surface area contributed by atoms with Gasteiger partial charge in [0.05, 0.1) is 12.6 Å². The van der Waals surface area contributed by atoms with Crippen LogP contribution in [0.4, 0.5) is 5.69 Å². The van der Waals surface area contributed by atoms with Gasteiger partial charge in [-0.2, -0.15) is 0 Å². The van der Waals surface area contributed by atoms with Crippen molar-refractivity contribution in [1.82, 2.24) is 15.5 Å². The molecule has 1 unspecified atom stereocenters. The number of rotatable bonds is 9. The number of nitrogens with one attached hydrogen (secondary N) is 2. The Balaban J connectivity index is 0.00000363. The Morgan fingerprint density at radius 1 is 1.16 bits per heavy atom. The van der Waals surface area contributed by atoms with Gasteiger partial charge in [-0.15, -0.1) is 24.0 Å². The van der Waals surface area contributed by atoms with Crippen molar-refractivity contribution in [3.63, 3.8) is 0 Å². The number of anilines is 1. The Hall–Kier alpha value is -2.33. The Labute approximate surface area is 208 Å². The van der Waals surface area contributed by atoms with Crippen LogP contribution in [0.2, 0.25) is 0 Å². The third-order valence-corrected chi connectivity index (χ3v) is 5.16. The lowest BCUT2D eigenvalue weighted by atomic mass is 10.2. The number of carbonyl (C=O) groups is 1. The van der Waals surface area contributed by atoms with Gasteiger partial charge in [0.15, 0.2) is 5.96 Å². The molecule has 1 aliphatic rings. The van der Waals surface area contributed by atoms with Crippen LogP contribution in [-0.4, -0.2) is 63.6 Å². The summed E-state index contributed by atoms with van der Waals surface area (Å²) >= 11 is 0. The van der Waals surface area contributed by atoms with Gasteiger partial charge in [-0.25, -0.2) is 0 Å². The number of hydrogen-bond acceptors (Lipinski definition) is 4. The molecule has 0 saturated carbocycles. The second-order valence-electron chi connectivity index (χ2n) is 7.96. The van der Waals surface area contributed by atoms with Gasteiger partial charge in [-0.3, -0.25) is 9.79 Å². The molecule has 0 aromatic heterocycles. The summed E-state index contributed by atoms with van der Waals surface area (Å²) in [6.07, 6.45) is 1.46. The number of amides is 1. The molecule has 0 radical (unpaired) electrons. The van der Waals surface area contributed by atoms with Gasteiger partial charge in [0.25, 0.3) is 0 Å². The fraction of sp³-hybridized carbons (Fsp3) is 0.417. The van der Waals surface area contributed by atoms with E-state index in [9.17, 15) is 4.79 Å². The van der Waals surface area contributed by atoms with E-state index in [1.165, 1.54) is 0 Å². The van der Waals surface area contributed by atoms with Crippen LogP contribution in [-0.2, 0) is 11.3 Å². The Morgan fingerprint density at radius 3 is 2.53 bits per heavy atom. The van der Waals surface area contributed by atoms with Gasteiger partial charge in [-0.1, -0.05) is 30.3 Å². The van der Waals surface area contributed by atoms with E-state index in [-0.39, 0.29) is 35.9 Å². The van der Waals surface area contributed by atoms with E-state index < -0.39 is 0 Å². The molecule has 2 aromatic rings. The maximum absolute atomic E-state index is 12.4. The van der Waals surface area contributed by atoms with Crippen LogP contribution in [0.5, 0.6) is 5.75 Å². The first-order valence-electron chi connectivity index (χ1n) is 10.7. The average molecular weight is 551 g/mol. The Bertz CT molecular complexity index is 858. The molecular weight excluding hydrogens is 517 g/mol. The smallest absolute Gasteiger partial charge is 0.229 e. The maximum Gasteiger partial charge on any atom is 0.229 e. The van der Waals surface area contributed by atoms with Crippen molar-refractivity contribution in [2.75, 3.05) is 45.7 Å². The lowest BCUT2D eigenvalue weighted by Gasteiger charge is -2.19. The van der Waals surface area contributed by atoms with Crippen LogP contribution in [0.15, 0.2) is 59.6 Å². The first kappa shape index (κ1) is 25.9. The zero-order chi connectivity index (χ0) is 22.1. The van der Waals surface area contributed by atoms with Crippen LogP contribution in [0, 0.1) is 0 Å². The zero-order valence-electron chi connectivity index (χ0n) is 19.1. The summed E-state index contributed by atoms with van der Waals surface area (Å²) in [5.74, 6) is 1.70. The van der Waals surface area contributed by atoms with Crippen LogP contribution < -0.4 is 20.3 Å². The van der Waals surface area contributed by atoms with Gasteiger partial charge >= 0.3 is 0 Å². The lowest BCUT2D eigenvalue weighted by molar-refractivity contribution is -0.117. The maximum atomic E-state index is 12.4. The molecule has 1 saturated heterocycles. The number of para-hydroxylation sites is 1. The minimum Gasteiger partial charge on any atom is -0.494 e. The van der Waals surface area contributed by atoms with Gasteiger partial charge in [0.2, 0.25) is 5.91 Å². The normalized spacial score (nSPS) is 16.1. The Kier molecular flexibility index (Phi) is 10.8. The summed E-state index contributed by atoms with van der Waals surface area (Å²) in [7, 11) is 5.87. The molecule has 2 aromatic carbocycles. The molecule has 1 atom stereocenters. The SMILES string of the molecule is CN=C(NCc1ccc(OCCCN(C)C)cc1)NC1CC(=O)N(c2ccccc2)C1.I. The van der Waals surface area contributed by atoms with Crippen LogP contribution >= 0.6 is 24.0 Å². The molecule has 7 nitrogen and oxygen atoms in total. The topological polar surface area (TPSA) is 69.2 Å². The van der Waals surface area contributed by atoms with E-state index in [0.717, 1.165) is 30.0 Å². The molecular formula is C24H34IN5O2. The van der Waals surface area contributed by atoms with Gasteiger partial charge in [-0.05, 0) is 50.3 Å². The summed E-state index contributed by atoms with van der Waals surface area (Å²) in [5.41, 5.74) is 2.07. The van der Waals surface area contributed by atoms with Crippen molar-refractivity contribution in [3.8, 4) is 5.75 Å². The lowest BCUT2D eigenvalue weighted by Crippen LogP contribution is -2.44. The second kappa shape index (κ2) is 13.3. The summed E-state index contributed by atoms with van der Waals surface area (Å²) in [5, 5.41) is 6.70. The van der Waals surface area contributed by atoms with Gasteiger partial charge in [0, 0.05) is 38.8 Å². The second-order valence-corrected chi connectivity index (χ2v) is 7.96. The van der Waals surface area contributed by atoms with Crippen molar-refractivity contribution in [1.29, 1.82) is 0 Å². The molecule has 1 fully saturated rings. The molecule has 3 rings (SSSR count). The van der Waals surface area contributed by atoms with E-state index in [4.69, 9.17) is 4.74 Å². The minimum atomic E-state index is 0. The molecule has 0 aliphatic carbocycles. The van der Waals surface area contributed by atoms with E-state index in [2.05, 4.69) is 46.8 Å². The van der Waals surface area contributed by atoms with Crippen LogP contribution in [0.1, 0.15) is 18.4 Å². The predicted octanol–water partition coefficient (Wildman–Crippen LogP) is 3.11. The molecule has 1 heterocycles. The quantitative estimate of drug-likeness (QED) is 0.217. The highest BCUT2D eigenvalue weighted by Crippen LogP contribution is 2.21. The van der Waals surface area contributed by atoms with E-state index >= 15 is 0 Å². The predicted molar refractivity (Wildman–Crippen MR) is 141 cm³/mol. The third-order valence-electron chi connectivity index (χ3n) is 5.16. The molecule has 1 aliphatic heterocycles. The third kappa shape index (κ3) is 7.98. The fourth-order valence-electron chi connectivity index (χ4n) is 3.51. The molecule has 1 amide bonds. The van der Waals surface area contributed by atoms with Crippen molar-refractivity contribution < 1.29 is 9.53 Å². The molecule has 0 spiro atoms. The van der Waals surface area contributed by atoms with Gasteiger partial charge < -0.3 is 25.2 Å².